The van der Waals surface area contributed by atoms with E-state index < -0.39 is 0 Å². The van der Waals surface area contributed by atoms with Gasteiger partial charge in [0.05, 0.1) is 0 Å². The SMILES string of the molecule is CCCCCCCC(=O)Oc1ccc(C(C)(C)C)cc1.[CaH2]. The van der Waals surface area contributed by atoms with E-state index in [1.165, 1.54) is 24.8 Å². The Kier molecular flexibility index (Phi) is 10.6. The summed E-state index contributed by atoms with van der Waals surface area (Å²) in [5.41, 5.74) is 1.37. The van der Waals surface area contributed by atoms with Crippen LogP contribution in [0.3, 0.4) is 0 Å². The molecule has 0 unspecified atom stereocenters. The van der Waals surface area contributed by atoms with Gasteiger partial charge in [0.1, 0.15) is 5.75 Å². The number of hydrogen-bond acceptors (Lipinski definition) is 2. The van der Waals surface area contributed by atoms with Crippen molar-refractivity contribution in [1.29, 1.82) is 0 Å². The first-order valence-corrected chi connectivity index (χ1v) is 7.74. The number of esters is 1. The first kappa shape index (κ1) is 20.9. The van der Waals surface area contributed by atoms with E-state index in [0.717, 1.165) is 12.8 Å². The Hall–Kier alpha value is -0.0503. The summed E-state index contributed by atoms with van der Waals surface area (Å²) >= 11 is 0. The van der Waals surface area contributed by atoms with E-state index in [9.17, 15) is 4.79 Å². The fourth-order valence-corrected chi connectivity index (χ4v) is 2.08. The second-order valence-electron chi connectivity index (χ2n) is 6.41. The van der Waals surface area contributed by atoms with E-state index in [4.69, 9.17) is 4.74 Å². The topological polar surface area (TPSA) is 26.3 Å². The number of carbonyl (C=O) groups excluding carboxylic acids is 1. The van der Waals surface area contributed by atoms with Gasteiger partial charge >= 0.3 is 43.7 Å². The summed E-state index contributed by atoms with van der Waals surface area (Å²) in [5, 5.41) is 0. The van der Waals surface area contributed by atoms with E-state index in [1.54, 1.807) is 0 Å². The van der Waals surface area contributed by atoms with Crippen molar-refractivity contribution >= 4 is 43.7 Å². The maximum absolute atomic E-state index is 11.7. The first-order chi connectivity index (χ1) is 9.43. The average molecular weight is 319 g/mol. The molecule has 0 aromatic heterocycles. The predicted octanol–water partition coefficient (Wildman–Crippen LogP) is 4.33. The Morgan fingerprint density at radius 2 is 1.57 bits per heavy atom. The molecule has 3 heteroatoms. The fraction of sp³-hybridized carbons (Fsp3) is 0.611. The molecule has 1 aromatic carbocycles. The average Bonchev–Trinajstić information content (AvgIpc) is 2.38. The van der Waals surface area contributed by atoms with Crippen LogP contribution in [0.2, 0.25) is 0 Å². The van der Waals surface area contributed by atoms with Crippen molar-refractivity contribution in [2.45, 2.75) is 71.6 Å². The molecule has 1 rings (SSSR count). The third-order valence-corrected chi connectivity index (χ3v) is 3.44. The number of benzene rings is 1. The Morgan fingerprint density at radius 1 is 1.00 bits per heavy atom. The molecule has 0 fully saturated rings. The molecule has 0 spiro atoms. The van der Waals surface area contributed by atoms with Crippen molar-refractivity contribution in [3.05, 3.63) is 29.8 Å². The molecule has 21 heavy (non-hydrogen) atoms. The van der Waals surface area contributed by atoms with E-state index in [1.807, 2.05) is 24.3 Å². The number of hydrogen-bond donors (Lipinski definition) is 0. The Labute approximate surface area is 159 Å². The van der Waals surface area contributed by atoms with Crippen LogP contribution in [-0.2, 0) is 10.2 Å². The summed E-state index contributed by atoms with van der Waals surface area (Å²) in [7, 11) is 0. The summed E-state index contributed by atoms with van der Waals surface area (Å²) in [6.45, 7) is 8.70. The zero-order chi connectivity index (χ0) is 15.0. The van der Waals surface area contributed by atoms with Crippen LogP contribution in [0.5, 0.6) is 5.75 Å². The van der Waals surface area contributed by atoms with Crippen molar-refractivity contribution in [2.24, 2.45) is 0 Å². The van der Waals surface area contributed by atoms with Crippen LogP contribution in [0.1, 0.15) is 71.8 Å². The first-order valence-electron chi connectivity index (χ1n) is 7.74. The molecule has 0 saturated carbocycles. The molecule has 0 heterocycles. The quantitative estimate of drug-likeness (QED) is 0.324. The minimum atomic E-state index is -0.120. The molecule has 0 saturated heterocycles. The summed E-state index contributed by atoms with van der Waals surface area (Å²) in [6, 6.07) is 7.83. The standard InChI is InChI=1S/C18H28O2.Ca.2H/c1-5-6-7-8-9-10-17(19)20-16-13-11-15(12-14-16)18(2,3)4;;;/h11-14H,5-10H2,1-4H3;;;. The van der Waals surface area contributed by atoms with E-state index in [0.29, 0.717) is 12.2 Å². The summed E-state index contributed by atoms with van der Waals surface area (Å²) in [6.07, 6.45) is 6.26. The number of ether oxygens (including phenoxy) is 1. The molecule has 1 aromatic rings. The van der Waals surface area contributed by atoms with Gasteiger partial charge in [-0.25, -0.2) is 0 Å². The molecule has 0 aliphatic rings. The fourth-order valence-electron chi connectivity index (χ4n) is 2.08. The number of unbranched alkanes of at least 4 members (excludes halogenated alkanes) is 4. The molecule has 0 N–H and O–H groups in total. The van der Waals surface area contributed by atoms with Gasteiger partial charge in [0.25, 0.3) is 0 Å². The molecule has 0 atom stereocenters. The minimum absolute atomic E-state index is 0. The van der Waals surface area contributed by atoms with Gasteiger partial charge in [-0.2, -0.15) is 0 Å². The second kappa shape index (κ2) is 10.6. The summed E-state index contributed by atoms with van der Waals surface area (Å²) in [4.78, 5) is 11.7. The molecular weight excluding hydrogens is 288 g/mol. The van der Waals surface area contributed by atoms with Crippen LogP contribution < -0.4 is 4.74 Å². The molecule has 0 bridgehead atoms. The van der Waals surface area contributed by atoms with Crippen molar-refractivity contribution in [2.75, 3.05) is 0 Å². The van der Waals surface area contributed by atoms with Crippen LogP contribution >= 0.6 is 0 Å². The molecule has 2 nitrogen and oxygen atoms in total. The predicted molar refractivity (Wildman–Crippen MR) is 92.7 cm³/mol. The normalized spacial score (nSPS) is 10.9. The monoisotopic (exact) mass is 318 g/mol. The van der Waals surface area contributed by atoms with Crippen molar-refractivity contribution in [1.82, 2.24) is 0 Å². The van der Waals surface area contributed by atoms with Crippen molar-refractivity contribution < 1.29 is 9.53 Å². The van der Waals surface area contributed by atoms with Crippen molar-refractivity contribution in [3.63, 3.8) is 0 Å². The van der Waals surface area contributed by atoms with Crippen LogP contribution in [0.4, 0.5) is 0 Å². The van der Waals surface area contributed by atoms with Gasteiger partial charge in [-0.05, 0) is 29.5 Å². The van der Waals surface area contributed by atoms with Crippen molar-refractivity contribution in [3.8, 4) is 5.75 Å². The van der Waals surface area contributed by atoms with Gasteiger partial charge in [-0.3, -0.25) is 4.79 Å². The maximum atomic E-state index is 11.7. The second-order valence-corrected chi connectivity index (χ2v) is 6.41. The van der Waals surface area contributed by atoms with E-state index in [-0.39, 0.29) is 49.1 Å². The van der Waals surface area contributed by atoms with Gasteiger partial charge < -0.3 is 4.74 Å². The molecule has 0 aliphatic heterocycles. The van der Waals surface area contributed by atoms with E-state index >= 15 is 0 Å². The van der Waals surface area contributed by atoms with Gasteiger partial charge in [0, 0.05) is 6.42 Å². The van der Waals surface area contributed by atoms with Crippen LogP contribution in [0.15, 0.2) is 24.3 Å². The number of rotatable bonds is 7. The summed E-state index contributed by atoms with van der Waals surface area (Å²) < 4.78 is 5.35. The number of carbonyl (C=O) groups is 1. The van der Waals surface area contributed by atoms with Gasteiger partial charge in [-0.1, -0.05) is 65.5 Å². The van der Waals surface area contributed by atoms with Gasteiger partial charge in [-0.15, -0.1) is 0 Å². The third kappa shape index (κ3) is 8.85. The van der Waals surface area contributed by atoms with Crippen LogP contribution in [0.25, 0.3) is 0 Å². The molecular formula is C18H30CaO2. The molecule has 0 amide bonds. The Bertz CT molecular complexity index is 404. The van der Waals surface area contributed by atoms with Gasteiger partial charge in [0.15, 0.2) is 0 Å². The van der Waals surface area contributed by atoms with Crippen LogP contribution in [0, 0.1) is 0 Å². The Balaban J connectivity index is 0.00000400. The van der Waals surface area contributed by atoms with Gasteiger partial charge in [0.2, 0.25) is 0 Å². The zero-order valence-corrected chi connectivity index (χ0v) is 13.4. The zero-order valence-electron chi connectivity index (χ0n) is 13.4. The Morgan fingerprint density at radius 3 is 2.10 bits per heavy atom. The molecule has 116 valence electrons. The third-order valence-electron chi connectivity index (χ3n) is 3.44. The summed E-state index contributed by atoms with van der Waals surface area (Å²) in [5.74, 6) is 0.529. The molecule has 0 radical (unpaired) electrons. The van der Waals surface area contributed by atoms with Crippen LogP contribution in [-0.4, -0.2) is 43.7 Å². The molecule has 0 aliphatic carbocycles. The van der Waals surface area contributed by atoms with E-state index in [2.05, 4.69) is 27.7 Å².